The molecule has 0 amide bonds. The fraction of sp³-hybridized carbons (Fsp3) is 0.312. The van der Waals surface area contributed by atoms with E-state index < -0.39 is 10.0 Å². The van der Waals surface area contributed by atoms with Gasteiger partial charge in [0, 0.05) is 5.69 Å². The maximum Gasteiger partial charge on any atom is 0.233 e. The van der Waals surface area contributed by atoms with Crippen LogP contribution in [0, 0.1) is 0 Å². The molecule has 2 rings (SSSR count). The number of aromatic nitrogens is 1. The van der Waals surface area contributed by atoms with Crippen LogP contribution < -0.4 is 10.0 Å². The van der Waals surface area contributed by atoms with E-state index in [0.717, 1.165) is 11.4 Å². The van der Waals surface area contributed by atoms with Gasteiger partial charge in [-0.3, -0.25) is 4.72 Å². The van der Waals surface area contributed by atoms with Crippen molar-refractivity contribution in [1.82, 2.24) is 4.98 Å². The summed E-state index contributed by atoms with van der Waals surface area (Å²) >= 11 is 0. The van der Waals surface area contributed by atoms with Gasteiger partial charge in [0.1, 0.15) is 5.82 Å². The number of nitrogens with zero attached hydrogens (tertiary/aromatic N) is 1. The van der Waals surface area contributed by atoms with Crippen LogP contribution in [0.25, 0.3) is 0 Å². The van der Waals surface area contributed by atoms with Crippen molar-refractivity contribution < 1.29 is 8.42 Å². The summed E-state index contributed by atoms with van der Waals surface area (Å²) in [6, 6.07) is 11.6. The van der Waals surface area contributed by atoms with Crippen molar-refractivity contribution in [2.45, 2.75) is 26.7 Å². The minimum atomic E-state index is -3.29. The Hall–Kier alpha value is -2.08. The van der Waals surface area contributed by atoms with Crippen LogP contribution >= 0.6 is 0 Å². The van der Waals surface area contributed by atoms with E-state index in [0.29, 0.717) is 11.7 Å². The van der Waals surface area contributed by atoms with Crippen LogP contribution in [0.5, 0.6) is 0 Å². The van der Waals surface area contributed by atoms with Gasteiger partial charge in [0.15, 0.2) is 0 Å². The largest absolute Gasteiger partial charge is 0.354 e. The monoisotopic (exact) mass is 319 g/mol. The molecule has 118 valence electrons. The van der Waals surface area contributed by atoms with Gasteiger partial charge >= 0.3 is 0 Å². The Morgan fingerprint density at radius 2 is 1.68 bits per heavy atom. The van der Waals surface area contributed by atoms with E-state index in [1.807, 2.05) is 12.1 Å². The van der Waals surface area contributed by atoms with Gasteiger partial charge in [-0.2, -0.15) is 0 Å². The molecule has 0 saturated carbocycles. The number of rotatable bonds is 6. The van der Waals surface area contributed by atoms with Gasteiger partial charge < -0.3 is 5.32 Å². The number of anilines is 3. The van der Waals surface area contributed by atoms with E-state index in [9.17, 15) is 8.42 Å². The van der Waals surface area contributed by atoms with Gasteiger partial charge in [-0.05, 0) is 42.7 Å². The predicted octanol–water partition coefficient (Wildman–Crippen LogP) is 3.71. The summed E-state index contributed by atoms with van der Waals surface area (Å²) in [4.78, 5) is 4.10. The lowest BCUT2D eigenvalue weighted by Crippen LogP contribution is -2.15. The Morgan fingerprint density at radius 1 is 1.05 bits per heavy atom. The SMILES string of the molecule is CCS(=O)(=O)Nc1ccc(Nc2ccc(C(C)C)cc2)cn1. The van der Waals surface area contributed by atoms with Gasteiger partial charge in [-0.25, -0.2) is 13.4 Å². The summed E-state index contributed by atoms with van der Waals surface area (Å²) < 4.78 is 25.3. The Labute approximate surface area is 131 Å². The molecule has 0 fully saturated rings. The molecular weight excluding hydrogens is 298 g/mol. The zero-order valence-corrected chi connectivity index (χ0v) is 13.8. The molecule has 0 bridgehead atoms. The summed E-state index contributed by atoms with van der Waals surface area (Å²) in [6.45, 7) is 5.89. The fourth-order valence-corrected chi connectivity index (χ4v) is 2.46. The number of benzene rings is 1. The highest BCUT2D eigenvalue weighted by Gasteiger charge is 2.07. The fourth-order valence-electron chi connectivity index (χ4n) is 1.88. The van der Waals surface area contributed by atoms with Crippen LogP contribution in [0.15, 0.2) is 42.6 Å². The first-order chi connectivity index (χ1) is 10.4. The van der Waals surface area contributed by atoms with Crippen LogP contribution in [0.3, 0.4) is 0 Å². The number of nitrogens with one attached hydrogen (secondary N) is 2. The van der Waals surface area contributed by atoms with Crippen molar-refractivity contribution in [3.8, 4) is 0 Å². The van der Waals surface area contributed by atoms with Gasteiger partial charge in [-0.15, -0.1) is 0 Å². The highest BCUT2D eigenvalue weighted by molar-refractivity contribution is 7.92. The quantitative estimate of drug-likeness (QED) is 0.851. The minimum absolute atomic E-state index is 0.0247. The molecule has 2 aromatic rings. The second kappa shape index (κ2) is 6.79. The molecule has 1 heterocycles. The highest BCUT2D eigenvalue weighted by atomic mass is 32.2. The molecule has 22 heavy (non-hydrogen) atoms. The molecule has 6 heteroatoms. The van der Waals surface area contributed by atoms with E-state index in [4.69, 9.17) is 0 Å². The Kier molecular flexibility index (Phi) is 5.03. The van der Waals surface area contributed by atoms with E-state index in [1.165, 1.54) is 5.56 Å². The first-order valence-electron chi connectivity index (χ1n) is 7.23. The lowest BCUT2D eigenvalue weighted by atomic mass is 10.0. The average Bonchev–Trinajstić information content (AvgIpc) is 2.49. The first kappa shape index (κ1) is 16.3. The summed E-state index contributed by atoms with van der Waals surface area (Å²) in [5.41, 5.74) is 3.05. The topological polar surface area (TPSA) is 71.1 Å². The highest BCUT2D eigenvalue weighted by Crippen LogP contribution is 2.21. The molecule has 2 N–H and O–H groups in total. The normalized spacial score (nSPS) is 11.5. The number of pyridine rings is 1. The zero-order valence-electron chi connectivity index (χ0n) is 13.0. The lowest BCUT2D eigenvalue weighted by molar-refractivity contribution is 0.602. The van der Waals surface area contributed by atoms with E-state index in [1.54, 1.807) is 25.3 Å². The summed E-state index contributed by atoms with van der Waals surface area (Å²) in [5, 5.41) is 3.23. The maximum absolute atomic E-state index is 11.5. The van der Waals surface area contributed by atoms with Crippen LogP contribution in [0.1, 0.15) is 32.3 Å². The Balaban J connectivity index is 2.05. The Morgan fingerprint density at radius 3 is 2.18 bits per heavy atom. The van der Waals surface area contributed by atoms with Gasteiger partial charge in [0.05, 0.1) is 17.6 Å². The van der Waals surface area contributed by atoms with Crippen molar-refractivity contribution in [2.75, 3.05) is 15.8 Å². The first-order valence-corrected chi connectivity index (χ1v) is 8.88. The van der Waals surface area contributed by atoms with Crippen LogP contribution in [0.2, 0.25) is 0 Å². The van der Waals surface area contributed by atoms with Crippen molar-refractivity contribution in [3.63, 3.8) is 0 Å². The molecule has 1 aromatic heterocycles. The molecule has 0 aliphatic carbocycles. The van der Waals surface area contributed by atoms with Gasteiger partial charge in [-0.1, -0.05) is 26.0 Å². The Bertz CT molecular complexity index is 708. The molecule has 1 aromatic carbocycles. The molecular formula is C16H21N3O2S. The predicted molar refractivity (Wildman–Crippen MR) is 91.1 cm³/mol. The summed E-state index contributed by atoms with van der Waals surface area (Å²) in [7, 11) is -3.29. The third-order valence-corrected chi connectivity index (χ3v) is 4.55. The van der Waals surface area contributed by atoms with Gasteiger partial charge in [0.25, 0.3) is 0 Å². The van der Waals surface area contributed by atoms with Crippen LogP contribution in [0.4, 0.5) is 17.2 Å². The molecule has 0 aliphatic rings. The average molecular weight is 319 g/mol. The summed E-state index contributed by atoms with van der Waals surface area (Å²) in [5.74, 6) is 0.848. The van der Waals surface area contributed by atoms with Crippen molar-refractivity contribution >= 4 is 27.2 Å². The standard InChI is InChI=1S/C16H21N3O2S/c1-4-22(20,21)19-16-10-9-15(11-17-16)18-14-7-5-13(6-8-14)12(2)3/h5-12,18H,4H2,1-3H3,(H,17,19). The van der Waals surface area contributed by atoms with E-state index in [2.05, 4.69) is 41.0 Å². The van der Waals surface area contributed by atoms with E-state index in [-0.39, 0.29) is 5.75 Å². The number of hydrogen-bond acceptors (Lipinski definition) is 4. The number of hydrogen-bond donors (Lipinski definition) is 2. The number of sulfonamides is 1. The van der Waals surface area contributed by atoms with Gasteiger partial charge in [0.2, 0.25) is 10.0 Å². The molecule has 0 atom stereocenters. The van der Waals surface area contributed by atoms with Crippen molar-refractivity contribution in [3.05, 3.63) is 48.2 Å². The molecule has 0 aliphatic heterocycles. The lowest BCUT2D eigenvalue weighted by Gasteiger charge is -2.10. The zero-order chi connectivity index (χ0) is 16.2. The van der Waals surface area contributed by atoms with Crippen molar-refractivity contribution in [1.29, 1.82) is 0 Å². The molecule has 5 nitrogen and oxygen atoms in total. The third-order valence-electron chi connectivity index (χ3n) is 3.27. The molecule has 0 unspecified atom stereocenters. The third kappa shape index (κ3) is 4.46. The van der Waals surface area contributed by atoms with Crippen LogP contribution in [-0.2, 0) is 10.0 Å². The second-order valence-corrected chi connectivity index (χ2v) is 7.35. The summed E-state index contributed by atoms with van der Waals surface area (Å²) in [6.07, 6.45) is 1.60. The van der Waals surface area contributed by atoms with E-state index >= 15 is 0 Å². The maximum atomic E-state index is 11.5. The molecule has 0 spiro atoms. The minimum Gasteiger partial charge on any atom is -0.354 e. The van der Waals surface area contributed by atoms with Crippen LogP contribution in [-0.4, -0.2) is 19.2 Å². The molecule has 0 saturated heterocycles. The second-order valence-electron chi connectivity index (χ2n) is 5.34. The molecule has 0 radical (unpaired) electrons. The van der Waals surface area contributed by atoms with Crippen molar-refractivity contribution in [2.24, 2.45) is 0 Å². The smallest absolute Gasteiger partial charge is 0.233 e.